The van der Waals surface area contributed by atoms with E-state index in [0.717, 1.165) is 11.1 Å². The molecule has 0 fully saturated rings. The normalized spacial score (nSPS) is 12.0. The maximum absolute atomic E-state index is 13.8. The van der Waals surface area contributed by atoms with Crippen LogP contribution >= 0.6 is 0 Å². The maximum atomic E-state index is 13.8. The zero-order valence-corrected chi connectivity index (χ0v) is 20.8. The van der Waals surface area contributed by atoms with E-state index in [0.29, 0.717) is 22.6 Å². The highest BCUT2D eigenvalue weighted by molar-refractivity contribution is 7.91. The molecule has 184 valence electrons. The highest BCUT2D eigenvalue weighted by Gasteiger charge is 2.31. The minimum atomic E-state index is -3.97. The van der Waals surface area contributed by atoms with Crippen molar-refractivity contribution in [1.82, 2.24) is 9.97 Å². The zero-order valence-electron chi connectivity index (χ0n) is 20.0. The Hall–Kier alpha value is -4.24. The van der Waals surface area contributed by atoms with E-state index in [2.05, 4.69) is 15.3 Å². The number of methoxy groups -OCH3 is 2. The minimum Gasteiger partial charge on any atom is -0.497 e. The summed E-state index contributed by atoms with van der Waals surface area (Å²) in [5.41, 5.74) is 3.19. The fourth-order valence-electron chi connectivity index (χ4n) is 3.85. The topological polar surface area (TPSA) is 107 Å². The van der Waals surface area contributed by atoms with E-state index in [9.17, 15) is 13.2 Å². The van der Waals surface area contributed by atoms with Gasteiger partial charge in [0.15, 0.2) is 5.37 Å². The molecule has 4 aromatic rings. The summed E-state index contributed by atoms with van der Waals surface area (Å²) < 4.78 is 37.9. The van der Waals surface area contributed by atoms with E-state index in [-0.39, 0.29) is 10.5 Å². The number of pyridine rings is 2. The number of carbonyl (C=O) groups excluding carboxylic acids is 1. The third kappa shape index (κ3) is 5.06. The predicted octanol–water partition coefficient (Wildman–Crippen LogP) is 4.83. The Balaban J connectivity index is 1.85. The first-order valence-electron chi connectivity index (χ1n) is 11.0. The minimum absolute atomic E-state index is 0.0916. The monoisotopic (exact) mass is 503 g/mol. The second kappa shape index (κ2) is 10.6. The molecule has 1 unspecified atom stereocenters. The summed E-state index contributed by atoms with van der Waals surface area (Å²) in [6, 6.07) is 16.7. The van der Waals surface area contributed by atoms with Crippen LogP contribution in [0, 0.1) is 6.92 Å². The number of hydrogen-bond acceptors (Lipinski definition) is 8. The first-order valence-corrected chi connectivity index (χ1v) is 12.6. The Morgan fingerprint density at radius 3 is 2.19 bits per heavy atom. The van der Waals surface area contributed by atoms with Gasteiger partial charge in [-0.05, 0) is 66.6 Å². The van der Waals surface area contributed by atoms with Gasteiger partial charge in [-0.25, -0.2) is 13.2 Å². The second-order valence-electron chi connectivity index (χ2n) is 7.98. The molecule has 0 aliphatic carbocycles. The summed E-state index contributed by atoms with van der Waals surface area (Å²) in [7, 11) is -1.18. The molecular formula is C27H25N3O5S. The number of benzene rings is 2. The van der Waals surface area contributed by atoms with Crippen LogP contribution in [-0.4, -0.2) is 38.6 Å². The summed E-state index contributed by atoms with van der Waals surface area (Å²) >= 11 is 0. The number of hydrogen-bond donors (Lipinski definition) is 1. The van der Waals surface area contributed by atoms with E-state index in [4.69, 9.17) is 9.47 Å². The van der Waals surface area contributed by atoms with Gasteiger partial charge >= 0.3 is 5.97 Å². The Kier molecular flexibility index (Phi) is 7.30. The first-order chi connectivity index (χ1) is 17.3. The number of aromatic nitrogens is 2. The lowest BCUT2D eigenvalue weighted by Gasteiger charge is -2.24. The van der Waals surface area contributed by atoms with Gasteiger partial charge in [-0.2, -0.15) is 0 Å². The molecule has 9 heteroatoms. The standard InChI is InChI=1S/C27H25N3O5S/c1-18-14-21(19-6-4-12-28-16-19)15-24(27(31)35-3)25(18)30-26(20-7-5-13-29-17-20)36(32,33)23-10-8-22(34-2)9-11-23/h4-17,26,30H,1-3H3. The highest BCUT2D eigenvalue weighted by Crippen LogP contribution is 2.36. The van der Waals surface area contributed by atoms with Crippen molar-refractivity contribution in [3.63, 3.8) is 0 Å². The van der Waals surface area contributed by atoms with Crippen LogP contribution in [0.1, 0.15) is 26.9 Å². The molecule has 0 aliphatic rings. The third-order valence-corrected chi connectivity index (χ3v) is 7.64. The molecule has 8 nitrogen and oxygen atoms in total. The molecule has 2 heterocycles. The molecule has 0 spiro atoms. The van der Waals surface area contributed by atoms with Gasteiger partial charge in [0.1, 0.15) is 5.75 Å². The fraction of sp³-hybridized carbons (Fsp3) is 0.148. The van der Waals surface area contributed by atoms with Crippen molar-refractivity contribution >= 4 is 21.5 Å². The van der Waals surface area contributed by atoms with Gasteiger partial charge in [-0.1, -0.05) is 12.1 Å². The third-order valence-electron chi connectivity index (χ3n) is 5.70. The quantitative estimate of drug-likeness (QED) is 0.341. The highest BCUT2D eigenvalue weighted by atomic mass is 32.2. The van der Waals surface area contributed by atoms with Crippen molar-refractivity contribution in [2.45, 2.75) is 17.2 Å². The van der Waals surface area contributed by atoms with Gasteiger partial charge in [0.2, 0.25) is 9.84 Å². The molecular weight excluding hydrogens is 478 g/mol. The molecule has 4 rings (SSSR count). The Labute approximate surface area is 209 Å². The summed E-state index contributed by atoms with van der Waals surface area (Å²) in [5.74, 6) is -0.0622. The molecule has 0 aliphatic heterocycles. The van der Waals surface area contributed by atoms with Crippen molar-refractivity contribution in [3.8, 4) is 16.9 Å². The van der Waals surface area contributed by atoms with Crippen molar-refractivity contribution < 1.29 is 22.7 Å². The number of ether oxygens (including phenoxy) is 2. The SMILES string of the molecule is COC(=O)c1cc(-c2cccnc2)cc(C)c1NC(c1cccnc1)S(=O)(=O)c1ccc(OC)cc1. The number of nitrogens with one attached hydrogen (secondary N) is 1. The molecule has 0 radical (unpaired) electrons. The van der Waals surface area contributed by atoms with Crippen LogP contribution in [0.25, 0.3) is 11.1 Å². The average Bonchev–Trinajstić information content (AvgIpc) is 2.92. The summed E-state index contributed by atoms with van der Waals surface area (Å²) in [6.07, 6.45) is 6.40. The predicted molar refractivity (Wildman–Crippen MR) is 137 cm³/mol. The van der Waals surface area contributed by atoms with Crippen molar-refractivity contribution in [2.75, 3.05) is 19.5 Å². The molecule has 36 heavy (non-hydrogen) atoms. The molecule has 2 aromatic carbocycles. The van der Waals surface area contributed by atoms with E-state index >= 15 is 0 Å². The molecule has 0 saturated heterocycles. The maximum Gasteiger partial charge on any atom is 0.339 e. The first kappa shape index (κ1) is 24.9. The largest absolute Gasteiger partial charge is 0.497 e. The van der Waals surface area contributed by atoms with Crippen LogP contribution < -0.4 is 10.1 Å². The summed E-state index contributed by atoms with van der Waals surface area (Å²) in [6.45, 7) is 1.80. The Morgan fingerprint density at radius 1 is 0.917 bits per heavy atom. The molecule has 0 saturated carbocycles. The number of carbonyl (C=O) groups is 1. The number of anilines is 1. The van der Waals surface area contributed by atoms with Gasteiger partial charge in [0, 0.05) is 35.9 Å². The van der Waals surface area contributed by atoms with Crippen molar-refractivity contribution in [1.29, 1.82) is 0 Å². The van der Waals surface area contributed by atoms with Gasteiger partial charge in [0.05, 0.1) is 30.4 Å². The molecule has 1 N–H and O–H groups in total. The summed E-state index contributed by atoms with van der Waals surface area (Å²) in [4.78, 5) is 21.2. The lowest BCUT2D eigenvalue weighted by Crippen LogP contribution is -2.24. The van der Waals surface area contributed by atoms with Gasteiger partial charge in [-0.15, -0.1) is 0 Å². The average molecular weight is 504 g/mol. The number of rotatable bonds is 8. The van der Waals surface area contributed by atoms with E-state index < -0.39 is 21.2 Å². The van der Waals surface area contributed by atoms with E-state index in [1.165, 1.54) is 32.5 Å². The smallest absolute Gasteiger partial charge is 0.339 e. The lowest BCUT2D eigenvalue weighted by molar-refractivity contribution is 0.0601. The van der Waals surface area contributed by atoms with Crippen LogP contribution in [0.15, 0.2) is 90.3 Å². The van der Waals surface area contributed by atoms with Crippen LogP contribution in [0.5, 0.6) is 5.75 Å². The summed E-state index contributed by atoms with van der Waals surface area (Å²) in [5, 5.41) is 1.89. The number of nitrogens with zero attached hydrogens (tertiary/aromatic N) is 2. The van der Waals surface area contributed by atoms with Gasteiger partial charge in [-0.3, -0.25) is 9.97 Å². The molecule has 2 aromatic heterocycles. The Morgan fingerprint density at radius 2 is 1.61 bits per heavy atom. The number of esters is 1. The Bertz CT molecular complexity index is 1460. The van der Waals surface area contributed by atoms with Crippen molar-refractivity contribution in [2.24, 2.45) is 0 Å². The van der Waals surface area contributed by atoms with Crippen molar-refractivity contribution in [3.05, 3.63) is 102 Å². The van der Waals surface area contributed by atoms with Gasteiger partial charge in [0.25, 0.3) is 0 Å². The van der Waals surface area contributed by atoms with Crippen LogP contribution in [-0.2, 0) is 14.6 Å². The number of sulfone groups is 1. The molecule has 0 bridgehead atoms. The second-order valence-corrected chi connectivity index (χ2v) is 10.0. The molecule has 0 amide bonds. The van der Waals surface area contributed by atoms with E-state index in [1.54, 1.807) is 61.9 Å². The van der Waals surface area contributed by atoms with Gasteiger partial charge < -0.3 is 14.8 Å². The van der Waals surface area contributed by atoms with Crippen LogP contribution in [0.2, 0.25) is 0 Å². The zero-order chi connectivity index (χ0) is 25.7. The van der Waals surface area contributed by atoms with E-state index in [1.807, 2.05) is 12.1 Å². The number of aryl methyl sites for hydroxylation is 1. The fourth-order valence-corrected chi connectivity index (χ4v) is 5.41. The van der Waals surface area contributed by atoms with Crippen LogP contribution in [0.3, 0.4) is 0 Å². The van der Waals surface area contributed by atoms with Crippen LogP contribution in [0.4, 0.5) is 5.69 Å². The molecule has 1 atom stereocenters. The lowest BCUT2D eigenvalue weighted by atomic mass is 9.99.